The Bertz CT molecular complexity index is 786. The summed E-state index contributed by atoms with van der Waals surface area (Å²) in [5, 5.41) is 0. The topological polar surface area (TPSA) is 98.5 Å². The highest BCUT2D eigenvalue weighted by Gasteiger charge is 2.15. The van der Waals surface area contributed by atoms with Gasteiger partial charge in [-0.1, -0.05) is 24.3 Å². The molecule has 0 aliphatic rings. The van der Waals surface area contributed by atoms with Gasteiger partial charge in [0.25, 0.3) is 0 Å². The van der Waals surface area contributed by atoms with Gasteiger partial charge < -0.3 is 10.5 Å². The molecule has 0 unspecified atom stereocenters. The van der Waals surface area contributed by atoms with Crippen LogP contribution in [0.3, 0.4) is 0 Å². The quantitative estimate of drug-likeness (QED) is 0.620. The zero-order chi connectivity index (χ0) is 16.9. The fourth-order valence-corrected chi connectivity index (χ4v) is 2.96. The van der Waals surface area contributed by atoms with E-state index in [1.807, 2.05) is 18.2 Å². The number of anilines is 1. The summed E-state index contributed by atoms with van der Waals surface area (Å²) in [6.07, 6.45) is 0. The third kappa shape index (κ3) is 4.54. The van der Waals surface area contributed by atoms with Gasteiger partial charge in [-0.3, -0.25) is 4.79 Å². The fraction of sp³-hybridized carbons (Fsp3) is 0.188. The van der Waals surface area contributed by atoms with E-state index < -0.39 is 22.5 Å². The minimum Gasteiger partial charge on any atom is -0.465 e. The smallest absolute Gasteiger partial charge is 0.321 e. The van der Waals surface area contributed by atoms with Crippen LogP contribution in [0.2, 0.25) is 0 Å². The molecule has 0 heterocycles. The van der Waals surface area contributed by atoms with Crippen molar-refractivity contribution < 1.29 is 17.9 Å². The summed E-state index contributed by atoms with van der Waals surface area (Å²) in [5.74, 6) is -0.618. The van der Waals surface area contributed by atoms with E-state index >= 15 is 0 Å². The molecule has 0 aliphatic carbocycles. The van der Waals surface area contributed by atoms with Gasteiger partial charge in [0.1, 0.15) is 6.54 Å². The number of nitrogen functional groups attached to an aromatic ring is 1. The van der Waals surface area contributed by atoms with Crippen molar-refractivity contribution in [2.45, 2.75) is 11.8 Å². The van der Waals surface area contributed by atoms with E-state index in [-0.39, 0.29) is 11.5 Å². The summed E-state index contributed by atoms with van der Waals surface area (Å²) in [4.78, 5) is 11.3. The number of nitrogens with one attached hydrogen (secondary N) is 1. The van der Waals surface area contributed by atoms with E-state index in [2.05, 4.69) is 9.46 Å². The number of nitrogens with two attached hydrogens (primary N) is 1. The third-order valence-corrected chi connectivity index (χ3v) is 4.51. The zero-order valence-electron chi connectivity index (χ0n) is 12.7. The number of hydrogen-bond acceptors (Lipinski definition) is 5. The van der Waals surface area contributed by atoms with E-state index in [9.17, 15) is 13.2 Å². The molecule has 3 N–H and O–H groups in total. The van der Waals surface area contributed by atoms with Gasteiger partial charge in [-0.2, -0.15) is 4.72 Å². The van der Waals surface area contributed by atoms with Crippen LogP contribution in [-0.2, 0) is 19.6 Å². The van der Waals surface area contributed by atoms with Gasteiger partial charge in [0.15, 0.2) is 0 Å². The van der Waals surface area contributed by atoms with Crippen molar-refractivity contribution in [2.24, 2.45) is 0 Å². The highest BCUT2D eigenvalue weighted by Crippen LogP contribution is 2.23. The molecule has 0 aliphatic heterocycles. The maximum atomic E-state index is 12.1. The van der Waals surface area contributed by atoms with Crippen LogP contribution >= 0.6 is 0 Å². The van der Waals surface area contributed by atoms with E-state index in [1.54, 1.807) is 25.1 Å². The van der Waals surface area contributed by atoms with Crippen LogP contribution in [0.4, 0.5) is 5.69 Å². The number of esters is 1. The molecule has 2 aromatic carbocycles. The molecule has 0 radical (unpaired) electrons. The molecule has 2 aromatic rings. The van der Waals surface area contributed by atoms with Crippen LogP contribution in [0.5, 0.6) is 0 Å². The molecule has 2 rings (SSSR count). The molecule has 7 heteroatoms. The summed E-state index contributed by atoms with van der Waals surface area (Å²) in [6, 6.07) is 13.6. The molecule has 122 valence electrons. The molecule has 0 aromatic heterocycles. The van der Waals surface area contributed by atoms with Crippen LogP contribution < -0.4 is 10.5 Å². The van der Waals surface area contributed by atoms with Gasteiger partial charge in [-0.15, -0.1) is 0 Å². The van der Waals surface area contributed by atoms with E-state index in [0.717, 1.165) is 11.1 Å². The maximum absolute atomic E-state index is 12.1. The second-order valence-corrected chi connectivity index (χ2v) is 6.55. The Morgan fingerprint density at radius 3 is 2.43 bits per heavy atom. The van der Waals surface area contributed by atoms with Gasteiger partial charge >= 0.3 is 5.97 Å². The Hall–Kier alpha value is -2.38. The monoisotopic (exact) mass is 334 g/mol. The molecule has 0 amide bonds. The minimum atomic E-state index is -3.76. The Morgan fingerprint density at radius 2 is 1.83 bits per heavy atom. The Kier molecular flexibility index (Phi) is 5.36. The number of carbonyl (C=O) groups is 1. The first kappa shape index (κ1) is 17.0. The summed E-state index contributed by atoms with van der Waals surface area (Å²) in [5.41, 5.74) is 8.12. The lowest BCUT2D eigenvalue weighted by Crippen LogP contribution is -2.30. The van der Waals surface area contributed by atoms with Gasteiger partial charge in [0.2, 0.25) is 10.0 Å². The highest BCUT2D eigenvalue weighted by molar-refractivity contribution is 7.89. The summed E-state index contributed by atoms with van der Waals surface area (Å²) < 4.78 is 31.1. The number of rotatable bonds is 6. The van der Waals surface area contributed by atoms with E-state index in [0.29, 0.717) is 5.69 Å². The van der Waals surface area contributed by atoms with Crippen molar-refractivity contribution >= 4 is 21.7 Å². The normalized spacial score (nSPS) is 11.2. The van der Waals surface area contributed by atoms with Crippen LogP contribution in [0.25, 0.3) is 11.1 Å². The van der Waals surface area contributed by atoms with Gasteiger partial charge in [0, 0.05) is 5.69 Å². The molecule has 0 spiro atoms. The minimum absolute atomic E-state index is 0.0782. The molecule has 6 nitrogen and oxygen atoms in total. The number of benzene rings is 2. The molecule has 23 heavy (non-hydrogen) atoms. The van der Waals surface area contributed by atoms with Crippen LogP contribution in [0.1, 0.15) is 6.92 Å². The molecule has 0 bridgehead atoms. The van der Waals surface area contributed by atoms with Gasteiger partial charge in [0.05, 0.1) is 11.5 Å². The van der Waals surface area contributed by atoms with Crippen LogP contribution in [0.15, 0.2) is 53.4 Å². The summed E-state index contributed by atoms with van der Waals surface area (Å²) >= 11 is 0. The molecule has 0 saturated heterocycles. The molecular formula is C16H18N2O4S. The second-order valence-electron chi connectivity index (χ2n) is 4.78. The Labute approximate surface area is 135 Å². The Balaban J connectivity index is 2.13. The number of carbonyl (C=O) groups excluding carboxylic acids is 1. The van der Waals surface area contributed by atoms with Crippen molar-refractivity contribution in [1.82, 2.24) is 4.72 Å². The predicted molar refractivity (Wildman–Crippen MR) is 88.1 cm³/mol. The summed E-state index contributed by atoms with van der Waals surface area (Å²) in [7, 11) is -3.76. The van der Waals surface area contributed by atoms with Crippen LogP contribution in [0, 0.1) is 0 Å². The average Bonchev–Trinajstić information content (AvgIpc) is 2.53. The highest BCUT2D eigenvalue weighted by atomic mass is 32.2. The number of ether oxygens (including phenoxy) is 1. The largest absolute Gasteiger partial charge is 0.465 e. The summed E-state index contributed by atoms with van der Waals surface area (Å²) in [6.45, 7) is 1.46. The van der Waals surface area contributed by atoms with Crippen molar-refractivity contribution in [1.29, 1.82) is 0 Å². The van der Waals surface area contributed by atoms with Crippen molar-refractivity contribution in [3.8, 4) is 11.1 Å². The lowest BCUT2D eigenvalue weighted by molar-refractivity contribution is -0.141. The molecule has 0 saturated carbocycles. The predicted octanol–water partition coefficient (Wildman–Crippen LogP) is 1.78. The lowest BCUT2D eigenvalue weighted by Gasteiger charge is -2.08. The van der Waals surface area contributed by atoms with Crippen LogP contribution in [-0.4, -0.2) is 27.5 Å². The zero-order valence-corrected chi connectivity index (χ0v) is 13.5. The Morgan fingerprint density at radius 1 is 1.13 bits per heavy atom. The maximum Gasteiger partial charge on any atom is 0.321 e. The first-order valence-electron chi connectivity index (χ1n) is 7.03. The van der Waals surface area contributed by atoms with E-state index in [4.69, 9.17) is 5.73 Å². The van der Waals surface area contributed by atoms with Crippen molar-refractivity contribution in [2.75, 3.05) is 18.9 Å². The van der Waals surface area contributed by atoms with Crippen molar-refractivity contribution in [3.63, 3.8) is 0 Å². The second kappa shape index (κ2) is 7.26. The first-order chi connectivity index (χ1) is 10.9. The number of hydrogen-bond donors (Lipinski definition) is 2. The average molecular weight is 334 g/mol. The SMILES string of the molecule is CCOC(=O)CNS(=O)(=O)c1ccc(-c2cccc(N)c2)cc1. The molecule has 0 atom stereocenters. The first-order valence-corrected chi connectivity index (χ1v) is 8.52. The van der Waals surface area contributed by atoms with Gasteiger partial charge in [-0.05, 0) is 42.3 Å². The standard InChI is InChI=1S/C16H18N2O4S/c1-2-22-16(19)11-18-23(20,21)15-8-6-12(7-9-15)13-4-3-5-14(17)10-13/h3-10,18H,2,11,17H2,1H3. The lowest BCUT2D eigenvalue weighted by atomic mass is 10.1. The third-order valence-electron chi connectivity index (χ3n) is 3.10. The van der Waals surface area contributed by atoms with Crippen molar-refractivity contribution in [3.05, 3.63) is 48.5 Å². The molecule has 0 fully saturated rings. The molecular weight excluding hydrogens is 316 g/mol. The van der Waals surface area contributed by atoms with Gasteiger partial charge in [-0.25, -0.2) is 8.42 Å². The number of sulfonamides is 1. The van der Waals surface area contributed by atoms with E-state index in [1.165, 1.54) is 12.1 Å². The fourth-order valence-electron chi connectivity index (χ4n) is 1.99.